The fraction of sp³-hybridized carbons (Fsp3) is 0.455. The molecule has 2 aromatic heterocycles. The number of carbonyl (C=O) groups is 2. The highest BCUT2D eigenvalue weighted by Crippen LogP contribution is 2.47. The zero-order valence-electron chi connectivity index (χ0n) is 25.1. The molecule has 0 bridgehead atoms. The molecule has 4 aromatic rings. The lowest BCUT2D eigenvalue weighted by molar-refractivity contribution is 0.0696. The standard InChI is InChI=1S/C33H41N5O3S/c1-5-36(4)20-26-23-13-9-14-25-29(23)38(31(26)32(39)34-42-35(2)3)18-10-17-37-27-19-22(33(40)41)15-16-24(27)28(30(25)37)21-11-7-6-8-12-21/h9,13-16,19,21H,5-8,10-12,17-18,20H2,1-4H3,(H,34,39)(H,40,41). The molecular formula is C33H41N5O3S. The molecule has 1 aliphatic heterocycles. The molecule has 42 heavy (non-hydrogen) atoms. The zero-order chi connectivity index (χ0) is 29.5. The van der Waals surface area contributed by atoms with E-state index in [0.29, 0.717) is 24.6 Å². The number of rotatable bonds is 8. The van der Waals surface area contributed by atoms with E-state index in [1.54, 1.807) is 6.07 Å². The molecule has 0 radical (unpaired) electrons. The Bertz CT molecular complexity index is 1660. The third kappa shape index (κ3) is 5.01. The fourth-order valence-corrected chi connectivity index (χ4v) is 7.46. The van der Waals surface area contributed by atoms with Gasteiger partial charge in [-0.1, -0.05) is 50.5 Å². The van der Waals surface area contributed by atoms with Gasteiger partial charge in [0, 0.05) is 59.2 Å². The van der Waals surface area contributed by atoms with Crippen LogP contribution in [0.2, 0.25) is 0 Å². The van der Waals surface area contributed by atoms with Crippen molar-refractivity contribution in [1.82, 2.24) is 23.1 Å². The van der Waals surface area contributed by atoms with Crippen LogP contribution in [0.3, 0.4) is 0 Å². The maximum atomic E-state index is 13.9. The summed E-state index contributed by atoms with van der Waals surface area (Å²) in [5.74, 6) is -0.546. The molecule has 2 aliphatic rings. The van der Waals surface area contributed by atoms with Gasteiger partial charge in [0.05, 0.1) is 16.8 Å². The molecule has 3 heterocycles. The molecule has 1 saturated carbocycles. The number of hydrogen-bond donors (Lipinski definition) is 2. The number of aromatic carboxylic acids is 1. The third-order valence-corrected chi connectivity index (χ3v) is 9.72. The van der Waals surface area contributed by atoms with Gasteiger partial charge < -0.3 is 19.1 Å². The second-order valence-electron chi connectivity index (χ2n) is 12.0. The summed E-state index contributed by atoms with van der Waals surface area (Å²) in [6.07, 6.45) is 6.82. The number of fused-ring (bicyclic) bond motifs is 4. The second kappa shape index (κ2) is 11.8. The Labute approximate surface area is 251 Å². The van der Waals surface area contributed by atoms with Crippen LogP contribution < -0.4 is 4.72 Å². The first kappa shape index (κ1) is 28.8. The van der Waals surface area contributed by atoms with Crippen LogP contribution in [0.4, 0.5) is 0 Å². The molecule has 0 saturated heterocycles. The lowest BCUT2D eigenvalue weighted by Crippen LogP contribution is -2.27. The third-order valence-electron chi connectivity index (χ3n) is 9.07. The first-order chi connectivity index (χ1) is 20.3. The van der Waals surface area contributed by atoms with Crippen LogP contribution in [0.25, 0.3) is 33.1 Å². The van der Waals surface area contributed by atoms with Crippen molar-refractivity contribution in [2.24, 2.45) is 0 Å². The molecule has 9 heteroatoms. The van der Waals surface area contributed by atoms with Crippen molar-refractivity contribution in [2.75, 3.05) is 27.7 Å². The van der Waals surface area contributed by atoms with Crippen molar-refractivity contribution in [1.29, 1.82) is 0 Å². The highest BCUT2D eigenvalue weighted by Gasteiger charge is 2.32. The molecule has 6 rings (SSSR count). The normalized spacial score (nSPS) is 15.8. The first-order valence-corrected chi connectivity index (χ1v) is 15.9. The summed E-state index contributed by atoms with van der Waals surface area (Å²) in [6, 6.07) is 12.2. The van der Waals surface area contributed by atoms with E-state index < -0.39 is 5.97 Å². The number of carboxylic acid groups (broad SMARTS) is 1. The quantitative estimate of drug-likeness (QED) is 0.223. The zero-order valence-corrected chi connectivity index (χ0v) is 25.9. The Morgan fingerprint density at radius 1 is 1.00 bits per heavy atom. The van der Waals surface area contributed by atoms with E-state index in [1.165, 1.54) is 48.0 Å². The van der Waals surface area contributed by atoms with Gasteiger partial charge in [0.25, 0.3) is 5.91 Å². The number of benzene rings is 2. The van der Waals surface area contributed by atoms with Crippen molar-refractivity contribution in [3.8, 4) is 11.3 Å². The Hall–Kier alpha value is -3.27. The number of aryl methyl sites for hydroxylation is 2. The fourth-order valence-electron chi connectivity index (χ4n) is 7.10. The predicted molar refractivity (Wildman–Crippen MR) is 171 cm³/mol. The van der Waals surface area contributed by atoms with Crippen molar-refractivity contribution >= 4 is 45.8 Å². The molecular weight excluding hydrogens is 546 g/mol. The first-order valence-electron chi connectivity index (χ1n) is 15.2. The number of nitrogens with zero attached hydrogens (tertiary/aromatic N) is 4. The summed E-state index contributed by atoms with van der Waals surface area (Å²) >= 11 is 1.30. The minimum Gasteiger partial charge on any atom is -0.478 e. The predicted octanol–water partition coefficient (Wildman–Crippen LogP) is 6.72. The van der Waals surface area contributed by atoms with Crippen LogP contribution in [-0.2, 0) is 19.6 Å². The monoisotopic (exact) mass is 587 g/mol. The topological polar surface area (TPSA) is 82.7 Å². The Morgan fingerprint density at radius 3 is 2.48 bits per heavy atom. The van der Waals surface area contributed by atoms with Crippen LogP contribution >= 0.6 is 12.1 Å². The van der Waals surface area contributed by atoms with E-state index >= 15 is 0 Å². The molecule has 222 valence electrons. The summed E-state index contributed by atoms with van der Waals surface area (Å²) < 4.78 is 9.61. The molecule has 1 fully saturated rings. The average Bonchev–Trinajstić information content (AvgIpc) is 3.47. The molecule has 2 aromatic carbocycles. The summed E-state index contributed by atoms with van der Waals surface area (Å²) in [5, 5.41) is 12.1. The van der Waals surface area contributed by atoms with Crippen LogP contribution in [0, 0.1) is 0 Å². The SMILES string of the molecule is CCN(C)Cc1c(C(=O)NSN(C)C)n2c3c(cccc13)-c1c(C3CCCCC3)c3ccc(C(=O)O)cc3n1CCC2. The number of aromatic nitrogens is 2. The molecule has 0 spiro atoms. The summed E-state index contributed by atoms with van der Waals surface area (Å²) in [5.41, 5.74) is 7.93. The van der Waals surface area contributed by atoms with Gasteiger partial charge in [-0.25, -0.2) is 9.10 Å². The van der Waals surface area contributed by atoms with Gasteiger partial charge in [0.15, 0.2) is 0 Å². The van der Waals surface area contributed by atoms with Gasteiger partial charge in [-0.05, 0) is 70.6 Å². The lowest BCUT2D eigenvalue weighted by Gasteiger charge is -2.25. The number of para-hydroxylation sites is 1. The minimum absolute atomic E-state index is 0.0740. The Balaban J connectivity index is 1.67. The smallest absolute Gasteiger partial charge is 0.335 e. The van der Waals surface area contributed by atoms with Crippen molar-refractivity contribution in [2.45, 2.75) is 71.0 Å². The summed E-state index contributed by atoms with van der Waals surface area (Å²) in [7, 11) is 5.94. The number of hydrogen-bond acceptors (Lipinski definition) is 5. The van der Waals surface area contributed by atoms with Gasteiger partial charge in [-0.2, -0.15) is 0 Å². The van der Waals surface area contributed by atoms with Crippen LogP contribution in [-0.4, -0.2) is 63.0 Å². The minimum atomic E-state index is -0.899. The molecule has 2 N–H and O–H groups in total. The highest BCUT2D eigenvalue weighted by molar-refractivity contribution is 7.95. The van der Waals surface area contributed by atoms with Gasteiger partial charge in [0.2, 0.25) is 0 Å². The maximum absolute atomic E-state index is 13.9. The van der Waals surface area contributed by atoms with Crippen LogP contribution in [0.1, 0.15) is 83.3 Å². The highest BCUT2D eigenvalue weighted by atomic mass is 32.2. The number of carboxylic acids is 1. The largest absolute Gasteiger partial charge is 0.478 e. The van der Waals surface area contributed by atoms with E-state index in [4.69, 9.17) is 0 Å². The number of nitrogens with one attached hydrogen (secondary N) is 1. The van der Waals surface area contributed by atoms with Crippen molar-refractivity contribution in [3.63, 3.8) is 0 Å². The van der Waals surface area contributed by atoms with Gasteiger partial charge in [-0.15, -0.1) is 0 Å². The molecule has 0 atom stereocenters. The van der Waals surface area contributed by atoms with Crippen LogP contribution in [0.5, 0.6) is 0 Å². The van der Waals surface area contributed by atoms with Crippen molar-refractivity contribution in [3.05, 3.63) is 58.8 Å². The molecule has 8 nitrogen and oxygen atoms in total. The van der Waals surface area contributed by atoms with E-state index in [1.807, 2.05) is 30.5 Å². The van der Waals surface area contributed by atoms with Gasteiger partial charge >= 0.3 is 5.97 Å². The van der Waals surface area contributed by atoms with Crippen molar-refractivity contribution < 1.29 is 14.7 Å². The summed E-state index contributed by atoms with van der Waals surface area (Å²) in [4.78, 5) is 28.1. The lowest BCUT2D eigenvalue weighted by atomic mass is 9.81. The second-order valence-corrected chi connectivity index (χ2v) is 13.1. The average molecular weight is 588 g/mol. The number of amides is 1. The Morgan fingerprint density at radius 2 is 1.76 bits per heavy atom. The van der Waals surface area contributed by atoms with E-state index in [0.717, 1.165) is 65.6 Å². The van der Waals surface area contributed by atoms with Crippen LogP contribution in [0.15, 0.2) is 36.4 Å². The molecule has 1 aliphatic carbocycles. The molecule has 0 unspecified atom stereocenters. The Kier molecular flexibility index (Phi) is 8.09. The van der Waals surface area contributed by atoms with E-state index in [2.05, 4.69) is 50.9 Å². The van der Waals surface area contributed by atoms with Gasteiger partial charge in [-0.3, -0.25) is 9.52 Å². The van der Waals surface area contributed by atoms with Gasteiger partial charge in [0.1, 0.15) is 5.69 Å². The van der Waals surface area contributed by atoms with E-state index in [9.17, 15) is 14.7 Å². The summed E-state index contributed by atoms with van der Waals surface area (Å²) in [6.45, 7) is 5.16. The molecule has 1 amide bonds. The number of carbonyl (C=O) groups excluding carboxylic acids is 1. The van der Waals surface area contributed by atoms with E-state index in [-0.39, 0.29) is 5.91 Å². The maximum Gasteiger partial charge on any atom is 0.335 e.